The van der Waals surface area contributed by atoms with Crippen molar-refractivity contribution in [3.8, 4) is 0 Å². The normalized spacial score (nSPS) is 19.6. The number of alkyl halides is 3. The maximum Gasteiger partial charge on any atom is 0.416 e. The van der Waals surface area contributed by atoms with Gasteiger partial charge in [-0.2, -0.15) is 23.0 Å². The average molecular weight is 441 g/mol. The van der Waals surface area contributed by atoms with Gasteiger partial charge in [-0.25, -0.2) is 4.79 Å². The van der Waals surface area contributed by atoms with Crippen molar-refractivity contribution < 1.29 is 18.0 Å². The minimum atomic E-state index is -4.39. The first kappa shape index (κ1) is 21.2. The van der Waals surface area contributed by atoms with Gasteiger partial charge >= 0.3 is 12.2 Å². The predicted octanol–water partition coefficient (Wildman–Crippen LogP) is 4.82. The Kier molecular flexibility index (Phi) is 5.57. The zero-order valence-corrected chi connectivity index (χ0v) is 17.5. The Hall–Kier alpha value is -2.06. The topological polar surface area (TPSA) is 41.4 Å². The second kappa shape index (κ2) is 7.89. The Balaban J connectivity index is 1.39. The number of aryl methyl sites for hydroxylation is 1. The Labute approximate surface area is 178 Å². The van der Waals surface area contributed by atoms with Crippen molar-refractivity contribution in [3.63, 3.8) is 0 Å². The number of hydrogen-bond acceptors (Lipinski definition) is 3. The summed E-state index contributed by atoms with van der Waals surface area (Å²) in [6, 6.07) is 5.44. The molecule has 0 atom stereocenters. The summed E-state index contributed by atoms with van der Waals surface area (Å²) in [6.07, 6.45) is -0.109. The molecule has 3 heterocycles. The highest BCUT2D eigenvalue weighted by Gasteiger charge is 2.42. The van der Waals surface area contributed by atoms with Crippen LogP contribution in [-0.4, -0.2) is 51.8 Å². The molecule has 0 radical (unpaired) electrons. The van der Waals surface area contributed by atoms with E-state index in [2.05, 4.69) is 10.00 Å². The molecular weight excluding hydrogens is 417 g/mol. The number of piperidine rings is 1. The first-order chi connectivity index (χ1) is 14.2. The molecule has 0 N–H and O–H groups in total. The van der Waals surface area contributed by atoms with Crippen LogP contribution in [0.15, 0.2) is 30.5 Å². The average Bonchev–Trinajstić information content (AvgIpc) is 3.28. The van der Waals surface area contributed by atoms with Crippen molar-refractivity contribution in [3.05, 3.63) is 52.3 Å². The fourth-order valence-corrected chi connectivity index (χ4v) is 4.81. The molecule has 30 heavy (non-hydrogen) atoms. The highest BCUT2D eigenvalue weighted by Crippen LogP contribution is 2.42. The summed E-state index contributed by atoms with van der Waals surface area (Å²) < 4.78 is 41.4. The second-order valence-corrected chi connectivity index (χ2v) is 8.87. The molecule has 2 aliphatic rings. The van der Waals surface area contributed by atoms with Crippen LogP contribution in [0, 0.1) is 12.3 Å². The summed E-state index contributed by atoms with van der Waals surface area (Å²) in [5, 5.41) is 4.50. The van der Waals surface area contributed by atoms with Crippen LogP contribution >= 0.6 is 11.6 Å². The smallest absolute Gasteiger partial charge is 0.323 e. The second-order valence-electron chi connectivity index (χ2n) is 8.43. The van der Waals surface area contributed by atoms with Crippen molar-refractivity contribution in [1.82, 2.24) is 19.6 Å². The van der Waals surface area contributed by atoms with Gasteiger partial charge in [0.25, 0.3) is 0 Å². The van der Waals surface area contributed by atoms with Crippen LogP contribution in [-0.2, 0) is 12.7 Å². The molecule has 1 amide bonds. The number of halogens is 4. The van der Waals surface area contributed by atoms with Gasteiger partial charge in [-0.1, -0.05) is 11.6 Å². The summed E-state index contributed by atoms with van der Waals surface area (Å²) >= 11 is 5.96. The molecule has 2 fully saturated rings. The summed E-state index contributed by atoms with van der Waals surface area (Å²) in [5.41, 5.74) is 0.437. The number of carbonyl (C=O) groups is 1. The van der Waals surface area contributed by atoms with Crippen molar-refractivity contribution in [2.24, 2.45) is 5.41 Å². The van der Waals surface area contributed by atoms with Crippen LogP contribution < -0.4 is 0 Å². The summed E-state index contributed by atoms with van der Waals surface area (Å²) in [5.74, 6) is 0. The molecule has 5 nitrogen and oxygen atoms in total. The molecule has 1 aromatic heterocycles. The van der Waals surface area contributed by atoms with Crippen LogP contribution in [0.2, 0.25) is 5.02 Å². The highest BCUT2D eigenvalue weighted by atomic mass is 35.5. The van der Waals surface area contributed by atoms with Gasteiger partial charge in [-0.15, -0.1) is 0 Å². The van der Waals surface area contributed by atoms with E-state index >= 15 is 0 Å². The number of hydrogen-bond donors (Lipinski definition) is 0. The molecule has 9 heteroatoms. The van der Waals surface area contributed by atoms with Gasteiger partial charge in [-0.05, 0) is 68.0 Å². The monoisotopic (exact) mass is 440 g/mol. The zero-order chi connectivity index (χ0) is 21.5. The van der Waals surface area contributed by atoms with E-state index < -0.39 is 11.7 Å². The lowest BCUT2D eigenvalue weighted by Gasteiger charge is -2.39. The highest BCUT2D eigenvalue weighted by molar-refractivity contribution is 6.30. The number of rotatable bonds is 2. The molecule has 162 valence electrons. The van der Waals surface area contributed by atoms with Gasteiger partial charge in [0.2, 0.25) is 0 Å². The number of benzene rings is 1. The Morgan fingerprint density at radius 3 is 2.50 bits per heavy atom. The first-order valence-electron chi connectivity index (χ1n) is 10.0. The maximum absolute atomic E-state index is 13.4. The van der Waals surface area contributed by atoms with Crippen LogP contribution in [0.4, 0.5) is 18.0 Å². The first-order valence-corrected chi connectivity index (χ1v) is 10.4. The molecule has 0 aliphatic carbocycles. The molecule has 4 rings (SSSR count). The number of likely N-dealkylation sites (tertiary alicyclic amines) is 2. The number of aromatic nitrogens is 2. The van der Waals surface area contributed by atoms with Gasteiger partial charge < -0.3 is 4.90 Å². The Morgan fingerprint density at radius 1 is 1.17 bits per heavy atom. The third-order valence-corrected chi connectivity index (χ3v) is 6.53. The standard InChI is InChI=1S/C21H24ClF3N4O/c1-15-4-8-29(26-15)19(30)28-10-6-20(7-11-28)5-9-27(14-20)13-16-12-17(22)2-3-18(16)21(23,24)25/h2-4,8,12H,5-7,9-11,13-14H2,1H3. The molecule has 0 unspecified atom stereocenters. The van der Waals surface area contributed by atoms with E-state index in [-0.39, 0.29) is 23.6 Å². The van der Waals surface area contributed by atoms with E-state index in [0.717, 1.165) is 44.1 Å². The van der Waals surface area contributed by atoms with Crippen LogP contribution in [0.3, 0.4) is 0 Å². The fraction of sp³-hybridized carbons (Fsp3) is 0.524. The summed E-state index contributed by atoms with van der Waals surface area (Å²) in [7, 11) is 0. The minimum Gasteiger partial charge on any atom is -0.323 e. The van der Waals surface area contributed by atoms with Gasteiger partial charge in [0.15, 0.2) is 0 Å². The van der Waals surface area contributed by atoms with Crippen LogP contribution in [0.25, 0.3) is 0 Å². The van der Waals surface area contributed by atoms with Crippen molar-refractivity contribution >= 4 is 17.6 Å². The minimum absolute atomic E-state index is 0.0494. The lowest BCUT2D eigenvalue weighted by Crippen LogP contribution is -2.45. The molecule has 1 spiro atoms. The van der Waals surface area contributed by atoms with Crippen molar-refractivity contribution in [1.29, 1.82) is 0 Å². The number of nitrogens with zero attached hydrogens (tertiary/aromatic N) is 4. The largest absolute Gasteiger partial charge is 0.416 e. The van der Waals surface area contributed by atoms with E-state index in [1.165, 1.54) is 16.8 Å². The van der Waals surface area contributed by atoms with Crippen LogP contribution in [0.1, 0.15) is 36.1 Å². The molecule has 2 saturated heterocycles. The molecular formula is C21H24ClF3N4O. The Morgan fingerprint density at radius 2 is 1.87 bits per heavy atom. The van der Waals surface area contributed by atoms with Crippen molar-refractivity contribution in [2.75, 3.05) is 26.2 Å². The number of carbonyl (C=O) groups excluding carboxylic acids is 1. The van der Waals surface area contributed by atoms with Gasteiger partial charge in [-0.3, -0.25) is 4.90 Å². The third kappa shape index (κ3) is 4.34. The van der Waals surface area contributed by atoms with Gasteiger partial charge in [0, 0.05) is 37.4 Å². The van der Waals surface area contributed by atoms with E-state index in [1.807, 2.05) is 6.92 Å². The molecule has 2 aliphatic heterocycles. The SMILES string of the molecule is Cc1ccn(C(=O)N2CCC3(CCN(Cc4cc(Cl)ccc4C(F)(F)F)C3)CC2)n1. The third-order valence-electron chi connectivity index (χ3n) is 6.30. The summed E-state index contributed by atoms with van der Waals surface area (Å²) in [4.78, 5) is 16.5. The fourth-order valence-electron chi connectivity index (χ4n) is 4.62. The predicted molar refractivity (Wildman–Crippen MR) is 107 cm³/mol. The lowest BCUT2D eigenvalue weighted by molar-refractivity contribution is -0.138. The number of amides is 1. The van der Waals surface area contributed by atoms with Crippen LogP contribution in [0.5, 0.6) is 0 Å². The summed E-state index contributed by atoms with van der Waals surface area (Å²) in [6.45, 7) is 4.82. The lowest BCUT2D eigenvalue weighted by atomic mass is 9.78. The molecule has 0 bridgehead atoms. The molecule has 2 aromatic rings. The van der Waals surface area contributed by atoms with E-state index in [1.54, 1.807) is 17.2 Å². The molecule has 1 aromatic carbocycles. The maximum atomic E-state index is 13.4. The van der Waals surface area contributed by atoms with E-state index in [4.69, 9.17) is 11.6 Å². The van der Waals surface area contributed by atoms with E-state index in [9.17, 15) is 18.0 Å². The molecule has 0 saturated carbocycles. The Bertz CT molecular complexity index is 935. The van der Waals surface area contributed by atoms with Gasteiger partial charge in [0.05, 0.1) is 11.3 Å². The van der Waals surface area contributed by atoms with Gasteiger partial charge in [0.1, 0.15) is 0 Å². The van der Waals surface area contributed by atoms with Crippen molar-refractivity contribution in [2.45, 2.75) is 38.9 Å². The quantitative estimate of drug-likeness (QED) is 0.672. The van der Waals surface area contributed by atoms with E-state index in [0.29, 0.717) is 18.1 Å². The zero-order valence-electron chi connectivity index (χ0n) is 16.8.